The number of nitrogens with one attached hydrogen (secondary N) is 1. The van der Waals surface area contributed by atoms with Crippen LogP contribution in [0.5, 0.6) is 0 Å². The fraction of sp³-hybridized carbons (Fsp3) is 0.250. The number of carbonyl (C=O) groups is 1. The number of nitriles is 1. The highest BCUT2D eigenvalue weighted by Crippen LogP contribution is 2.13. The molecular weight excluding hydrogens is 266 g/mol. The Morgan fingerprint density at radius 1 is 1.38 bits per heavy atom. The highest BCUT2D eigenvalue weighted by Gasteiger charge is 2.06. The third-order valence-electron chi connectivity index (χ3n) is 3.07. The standard InChI is InChI=1S/C16H17N3O2/c1-3-21-16(20)13-4-6-14(7-5-13)18-10-12-8-15(9-17)19(2)11-12/h4-8,11,18H,3,10H2,1-2H3. The predicted octanol–water partition coefficient (Wildman–Crippen LogP) is 2.69. The lowest BCUT2D eigenvalue weighted by atomic mass is 10.2. The number of nitrogens with zero attached hydrogens (tertiary/aromatic N) is 2. The average molecular weight is 283 g/mol. The van der Waals surface area contributed by atoms with Crippen LogP contribution in [0.1, 0.15) is 28.5 Å². The quantitative estimate of drug-likeness (QED) is 0.857. The lowest BCUT2D eigenvalue weighted by Crippen LogP contribution is -2.05. The van der Waals surface area contributed by atoms with E-state index in [4.69, 9.17) is 10.00 Å². The van der Waals surface area contributed by atoms with Gasteiger partial charge in [-0.2, -0.15) is 5.26 Å². The van der Waals surface area contributed by atoms with Crippen LogP contribution in [0.2, 0.25) is 0 Å². The van der Waals surface area contributed by atoms with Crippen LogP contribution in [0.4, 0.5) is 5.69 Å². The highest BCUT2D eigenvalue weighted by molar-refractivity contribution is 5.89. The number of hydrogen-bond donors (Lipinski definition) is 1. The maximum Gasteiger partial charge on any atom is 0.338 e. The number of carbonyl (C=O) groups excluding carboxylic acids is 1. The second-order valence-corrected chi connectivity index (χ2v) is 4.61. The summed E-state index contributed by atoms with van der Waals surface area (Å²) in [5, 5.41) is 12.2. The molecule has 0 amide bonds. The molecule has 0 saturated carbocycles. The zero-order valence-electron chi connectivity index (χ0n) is 12.1. The van der Waals surface area contributed by atoms with Crippen LogP contribution in [0.15, 0.2) is 36.5 Å². The number of esters is 1. The molecule has 0 aliphatic carbocycles. The van der Waals surface area contributed by atoms with E-state index in [1.54, 1.807) is 23.6 Å². The van der Waals surface area contributed by atoms with Crippen LogP contribution in [0, 0.1) is 11.3 Å². The summed E-state index contributed by atoms with van der Waals surface area (Å²) >= 11 is 0. The first-order chi connectivity index (χ1) is 10.1. The van der Waals surface area contributed by atoms with Crippen LogP contribution in [0.25, 0.3) is 0 Å². The Balaban J connectivity index is 1.97. The van der Waals surface area contributed by atoms with Gasteiger partial charge < -0.3 is 14.6 Å². The molecule has 1 aromatic heterocycles. The maximum atomic E-state index is 11.5. The first-order valence-corrected chi connectivity index (χ1v) is 6.70. The van der Waals surface area contributed by atoms with E-state index in [1.807, 2.05) is 31.4 Å². The minimum atomic E-state index is -0.314. The van der Waals surface area contributed by atoms with E-state index < -0.39 is 0 Å². The molecule has 1 heterocycles. The van der Waals surface area contributed by atoms with E-state index in [1.165, 1.54) is 0 Å². The van der Waals surface area contributed by atoms with Gasteiger partial charge >= 0.3 is 5.97 Å². The summed E-state index contributed by atoms with van der Waals surface area (Å²) in [5.74, 6) is -0.314. The summed E-state index contributed by atoms with van der Waals surface area (Å²) in [6.07, 6.45) is 1.92. The topological polar surface area (TPSA) is 67.0 Å². The normalized spacial score (nSPS) is 9.95. The zero-order valence-corrected chi connectivity index (χ0v) is 12.1. The molecule has 1 N–H and O–H groups in total. The van der Waals surface area contributed by atoms with Crippen molar-refractivity contribution >= 4 is 11.7 Å². The van der Waals surface area contributed by atoms with Gasteiger partial charge in [-0.1, -0.05) is 0 Å². The predicted molar refractivity (Wildman–Crippen MR) is 79.9 cm³/mol. The Labute approximate surface area is 123 Å². The summed E-state index contributed by atoms with van der Waals surface area (Å²) in [5.41, 5.74) is 3.10. The van der Waals surface area contributed by atoms with E-state index >= 15 is 0 Å². The van der Waals surface area contributed by atoms with Crippen LogP contribution in [-0.2, 0) is 18.3 Å². The average Bonchev–Trinajstić information content (AvgIpc) is 2.86. The summed E-state index contributed by atoms with van der Waals surface area (Å²) in [4.78, 5) is 11.5. The first kappa shape index (κ1) is 14.7. The molecule has 2 aromatic rings. The SMILES string of the molecule is CCOC(=O)c1ccc(NCc2cc(C#N)n(C)c2)cc1. The van der Waals surface area contributed by atoms with Gasteiger partial charge in [0.1, 0.15) is 11.8 Å². The van der Waals surface area contributed by atoms with Crippen molar-refractivity contribution in [1.29, 1.82) is 5.26 Å². The number of rotatable bonds is 5. The molecule has 0 radical (unpaired) electrons. The van der Waals surface area contributed by atoms with Gasteiger partial charge in [-0.15, -0.1) is 0 Å². The minimum Gasteiger partial charge on any atom is -0.462 e. The van der Waals surface area contributed by atoms with Gasteiger partial charge in [0.05, 0.1) is 12.2 Å². The number of benzene rings is 1. The van der Waals surface area contributed by atoms with E-state index in [0.29, 0.717) is 24.4 Å². The second kappa shape index (κ2) is 6.62. The third-order valence-corrected chi connectivity index (χ3v) is 3.07. The van der Waals surface area contributed by atoms with Crippen molar-refractivity contribution in [2.45, 2.75) is 13.5 Å². The molecule has 0 aliphatic rings. The molecule has 108 valence electrons. The molecule has 0 spiro atoms. The summed E-state index contributed by atoms with van der Waals surface area (Å²) in [7, 11) is 1.84. The summed E-state index contributed by atoms with van der Waals surface area (Å²) in [6, 6.07) is 11.1. The second-order valence-electron chi connectivity index (χ2n) is 4.61. The molecule has 0 fully saturated rings. The summed E-state index contributed by atoms with van der Waals surface area (Å²) < 4.78 is 6.73. The molecule has 0 saturated heterocycles. The van der Waals surface area contributed by atoms with Crippen molar-refractivity contribution in [3.63, 3.8) is 0 Å². The zero-order chi connectivity index (χ0) is 15.2. The van der Waals surface area contributed by atoms with Gasteiger partial charge in [0.15, 0.2) is 0 Å². The molecule has 0 unspecified atom stereocenters. The Hall–Kier alpha value is -2.74. The van der Waals surface area contributed by atoms with Crippen LogP contribution >= 0.6 is 0 Å². The van der Waals surface area contributed by atoms with E-state index in [-0.39, 0.29) is 5.97 Å². The molecule has 21 heavy (non-hydrogen) atoms. The Bertz CT molecular complexity index is 666. The van der Waals surface area contributed by atoms with E-state index in [2.05, 4.69) is 11.4 Å². The molecule has 0 aliphatic heterocycles. The largest absolute Gasteiger partial charge is 0.462 e. The number of aromatic nitrogens is 1. The molecule has 5 heteroatoms. The van der Waals surface area contributed by atoms with Crippen LogP contribution in [0.3, 0.4) is 0 Å². The summed E-state index contributed by atoms with van der Waals surface area (Å²) in [6.45, 7) is 2.77. The van der Waals surface area contributed by atoms with E-state index in [0.717, 1.165) is 11.3 Å². The van der Waals surface area contributed by atoms with Gasteiger partial charge in [0.25, 0.3) is 0 Å². The number of aryl methyl sites for hydroxylation is 1. The van der Waals surface area contributed by atoms with Gasteiger partial charge in [-0.3, -0.25) is 0 Å². The fourth-order valence-electron chi connectivity index (χ4n) is 1.98. The van der Waals surface area contributed by atoms with Crippen molar-refractivity contribution in [3.05, 3.63) is 53.3 Å². The molecule has 0 atom stereocenters. The van der Waals surface area contributed by atoms with Crippen molar-refractivity contribution in [2.24, 2.45) is 7.05 Å². The van der Waals surface area contributed by atoms with Gasteiger partial charge in [-0.05, 0) is 42.8 Å². The fourth-order valence-corrected chi connectivity index (χ4v) is 1.98. The van der Waals surface area contributed by atoms with Gasteiger partial charge in [0, 0.05) is 25.5 Å². The Morgan fingerprint density at radius 2 is 2.10 bits per heavy atom. The van der Waals surface area contributed by atoms with Crippen LogP contribution < -0.4 is 5.32 Å². The van der Waals surface area contributed by atoms with Crippen molar-refractivity contribution in [1.82, 2.24) is 4.57 Å². The first-order valence-electron chi connectivity index (χ1n) is 6.70. The number of ether oxygens (including phenoxy) is 1. The van der Waals surface area contributed by atoms with E-state index in [9.17, 15) is 4.79 Å². The monoisotopic (exact) mass is 283 g/mol. The minimum absolute atomic E-state index is 0.314. The van der Waals surface area contributed by atoms with Crippen molar-refractivity contribution in [2.75, 3.05) is 11.9 Å². The molecule has 0 bridgehead atoms. The molecular formula is C16H17N3O2. The lowest BCUT2D eigenvalue weighted by molar-refractivity contribution is 0.0526. The number of hydrogen-bond acceptors (Lipinski definition) is 4. The molecule has 5 nitrogen and oxygen atoms in total. The highest BCUT2D eigenvalue weighted by atomic mass is 16.5. The smallest absolute Gasteiger partial charge is 0.338 e. The third kappa shape index (κ3) is 3.63. The Kier molecular flexibility index (Phi) is 4.62. The number of anilines is 1. The van der Waals surface area contributed by atoms with Crippen molar-refractivity contribution in [3.8, 4) is 6.07 Å². The molecule has 1 aromatic carbocycles. The molecule has 2 rings (SSSR count). The van der Waals surface area contributed by atoms with Gasteiger partial charge in [0.2, 0.25) is 0 Å². The van der Waals surface area contributed by atoms with Crippen LogP contribution in [-0.4, -0.2) is 17.1 Å². The Morgan fingerprint density at radius 3 is 2.67 bits per heavy atom. The maximum absolute atomic E-state index is 11.5. The van der Waals surface area contributed by atoms with Crippen molar-refractivity contribution < 1.29 is 9.53 Å². The lowest BCUT2D eigenvalue weighted by Gasteiger charge is -2.06. The van der Waals surface area contributed by atoms with Gasteiger partial charge in [-0.25, -0.2) is 4.79 Å².